The van der Waals surface area contributed by atoms with Gasteiger partial charge < -0.3 is 15.4 Å². The minimum absolute atomic E-state index is 0.0985. The Labute approximate surface area is 200 Å². The molecule has 0 aliphatic carbocycles. The zero-order valence-electron chi connectivity index (χ0n) is 19.2. The van der Waals surface area contributed by atoms with E-state index in [-0.39, 0.29) is 29.2 Å². The molecule has 14 heteroatoms. The number of nitrogens with zero attached hydrogens (tertiary/aromatic N) is 3. The maximum absolute atomic E-state index is 14.6. The molecule has 1 aromatic heterocycles. The number of sulfonamides is 1. The minimum Gasteiger partial charge on any atom is -0.389 e. The molecule has 1 aromatic carbocycles. The zero-order chi connectivity index (χ0) is 26.6. The summed E-state index contributed by atoms with van der Waals surface area (Å²) in [5.41, 5.74) is -3.44. The van der Waals surface area contributed by atoms with Crippen molar-refractivity contribution in [3.05, 3.63) is 60.3 Å². The zero-order valence-corrected chi connectivity index (χ0v) is 20.0. The number of hydrogen-bond donors (Lipinski definition) is 4. The standard InChI is InChI=1S/C21H26F4N6O3S/c1-5-13(11-31(26)12-20(3,4)32)18-15(21(23,24)25)10-27-19(30-18)29-17-8-7-14(9-16(17)22)35(33,34)28-6-2/h5,7-11,28,32H,1,6,12,26H2,2-4H3,(H,27,29,30)/b13-11+. The summed E-state index contributed by atoms with van der Waals surface area (Å²) in [6.45, 7) is 7.97. The number of nitrogens with one attached hydrogen (secondary N) is 2. The first-order valence-electron chi connectivity index (χ1n) is 10.2. The monoisotopic (exact) mass is 518 g/mol. The third-order valence-electron chi connectivity index (χ3n) is 4.29. The number of anilines is 2. The third-order valence-corrected chi connectivity index (χ3v) is 5.84. The molecule has 0 aliphatic heterocycles. The maximum Gasteiger partial charge on any atom is 0.419 e. The molecule has 0 bridgehead atoms. The van der Waals surface area contributed by atoms with Crippen LogP contribution in [0.5, 0.6) is 0 Å². The third kappa shape index (κ3) is 7.71. The highest BCUT2D eigenvalue weighted by atomic mass is 32.2. The molecule has 2 rings (SSSR count). The number of nitrogens with two attached hydrogens (primary N) is 1. The molecule has 35 heavy (non-hydrogen) atoms. The van der Waals surface area contributed by atoms with Gasteiger partial charge in [0.25, 0.3) is 0 Å². The van der Waals surface area contributed by atoms with E-state index in [1.807, 2.05) is 0 Å². The van der Waals surface area contributed by atoms with Crippen molar-refractivity contribution < 1.29 is 31.1 Å². The van der Waals surface area contributed by atoms with Gasteiger partial charge in [-0.15, -0.1) is 0 Å². The quantitative estimate of drug-likeness (QED) is 0.163. The van der Waals surface area contributed by atoms with Crippen molar-refractivity contribution in [2.75, 3.05) is 18.4 Å². The van der Waals surface area contributed by atoms with E-state index >= 15 is 0 Å². The van der Waals surface area contributed by atoms with Gasteiger partial charge in [-0.3, -0.25) is 0 Å². The second-order valence-corrected chi connectivity index (χ2v) is 9.76. The Morgan fingerprint density at radius 2 is 1.97 bits per heavy atom. The average molecular weight is 519 g/mol. The summed E-state index contributed by atoms with van der Waals surface area (Å²) < 4.78 is 81.7. The van der Waals surface area contributed by atoms with Gasteiger partial charge in [0.15, 0.2) is 0 Å². The van der Waals surface area contributed by atoms with E-state index in [1.165, 1.54) is 13.8 Å². The molecule has 0 saturated carbocycles. The Balaban J connectivity index is 2.50. The van der Waals surface area contributed by atoms with Gasteiger partial charge in [-0.1, -0.05) is 19.6 Å². The Morgan fingerprint density at radius 1 is 1.31 bits per heavy atom. The predicted octanol–water partition coefficient (Wildman–Crippen LogP) is 3.15. The molecular weight excluding hydrogens is 492 g/mol. The summed E-state index contributed by atoms with van der Waals surface area (Å²) in [6, 6.07) is 2.96. The van der Waals surface area contributed by atoms with Gasteiger partial charge in [-0.05, 0) is 32.0 Å². The first kappa shape index (κ1) is 28.2. The summed E-state index contributed by atoms with van der Waals surface area (Å²) in [6.07, 6.45) is -2.11. The Bertz CT molecular complexity index is 1210. The van der Waals surface area contributed by atoms with Crippen molar-refractivity contribution in [2.45, 2.75) is 37.4 Å². The van der Waals surface area contributed by atoms with Crippen LogP contribution in [0.2, 0.25) is 0 Å². The largest absolute Gasteiger partial charge is 0.419 e. The van der Waals surface area contributed by atoms with E-state index in [0.29, 0.717) is 6.20 Å². The number of aliphatic hydroxyl groups is 1. The topological polar surface area (TPSA) is 133 Å². The molecule has 0 spiro atoms. The van der Waals surface area contributed by atoms with Crippen LogP contribution in [0.25, 0.3) is 5.57 Å². The van der Waals surface area contributed by atoms with Crippen molar-refractivity contribution in [3.8, 4) is 0 Å². The van der Waals surface area contributed by atoms with Gasteiger partial charge >= 0.3 is 6.18 Å². The Kier molecular flexibility index (Phi) is 8.60. The summed E-state index contributed by atoms with van der Waals surface area (Å²) in [5.74, 6) is 4.40. The van der Waals surface area contributed by atoms with Gasteiger partial charge in [0, 0.05) is 24.5 Å². The van der Waals surface area contributed by atoms with Crippen molar-refractivity contribution in [3.63, 3.8) is 0 Å². The minimum atomic E-state index is -4.83. The number of hydrogen-bond acceptors (Lipinski definition) is 8. The summed E-state index contributed by atoms with van der Waals surface area (Å²) in [5, 5.41) is 13.3. The number of halogens is 4. The molecule has 0 amide bonds. The fraction of sp³-hybridized carbons (Fsp3) is 0.333. The van der Waals surface area contributed by atoms with Gasteiger partial charge in [-0.25, -0.2) is 33.3 Å². The Morgan fingerprint density at radius 3 is 2.49 bits per heavy atom. The molecule has 2 aromatic rings. The maximum atomic E-state index is 14.6. The molecular formula is C21H26F4N6O3S. The lowest BCUT2D eigenvalue weighted by atomic mass is 10.1. The van der Waals surface area contributed by atoms with E-state index in [9.17, 15) is 31.1 Å². The smallest absolute Gasteiger partial charge is 0.389 e. The van der Waals surface area contributed by atoms with Crippen LogP contribution in [0.4, 0.5) is 29.2 Å². The van der Waals surface area contributed by atoms with Crippen LogP contribution in [0.3, 0.4) is 0 Å². The van der Waals surface area contributed by atoms with E-state index in [1.54, 1.807) is 6.92 Å². The molecule has 0 aliphatic rings. The molecule has 0 saturated heterocycles. The molecule has 1 heterocycles. The highest BCUT2D eigenvalue weighted by Gasteiger charge is 2.36. The number of benzene rings is 1. The van der Waals surface area contributed by atoms with Gasteiger partial charge in [0.05, 0.1) is 28.4 Å². The number of allylic oxidation sites excluding steroid dienone is 2. The molecule has 192 valence electrons. The van der Waals surface area contributed by atoms with Gasteiger partial charge in [0.2, 0.25) is 16.0 Å². The number of aromatic nitrogens is 2. The molecule has 0 unspecified atom stereocenters. The van der Waals surface area contributed by atoms with E-state index in [0.717, 1.165) is 35.5 Å². The van der Waals surface area contributed by atoms with Crippen molar-refractivity contribution >= 4 is 27.2 Å². The molecule has 0 fully saturated rings. The molecule has 5 N–H and O–H groups in total. The fourth-order valence-electron chi connectivity index (χ4n) is 2.91. The molecule has 0 atom stereocenters. The lowest BCUT2D eigenvalue weighted by Crippen LogP contribution is -2.39. The van der Waals surface area contributed by atoms with Crippen LogP contribution in [0, 0.1) is 5.82 Å². The predicted molar refractivity (Wildman–Crippen MR) is 123 cm³/mol. The van der Waals surface area contributed by atoms with Crippen LogP contribution >= 0.6 is 0 Å². The first-order chi connectivity index (χ1) is 16.1. The normalized spacial score (nSPS) is 13.0. The lowest BCUT2D eigenvalue weighted by molar-refractivity contribution is -0.138. The van der Waals surface area contributed by atoms with Gasteiger partial charge in [-0.2, -0.15) is 13.2 Å². The first-order valence-corrected chi connectivity index (χ1v) is 11.6. The van der Waals surface area contributed by atoms with Crippen molar-refractivity contribution in [2.24, 2.45) is 5.84 Å². The highest BCUT2D eigenvalue weighted by molar-refractivity contribution is 7.89. The summed E-state index contributed by atoms with van der Waals surface area (Å²) >= 11 is 0. The second-order valence-electron chi connectivity index (χ2n) is 7.99. The van der Waals surface area contributed by atoms with E-state index in [4.69, 9.17) is 5.84 Å². The van der Waals surface area contributed by atoms with Crippen molar-refractivity contribution in [1.29, 1.82) is 0 Å². The molecule has 9 nitrogen and oxygen atoms in total. The van der Waals surface area contributed by atoms with Crippen molar-refractivity contribution in [1.82, 2.24) is 19.7 Å². The second kappa shape index (κ2) is 10.7. The Hall–Kier alpha value is -3.07. The van der Waals surface area contributed by atoms with Crippen LogP contribution in [0.1, 0.15) is 32.0 Å². The van der Waals surface area contributed by atoms with Crippen LogP contribution in [-0.2, 0) is 16.2 Å². The van der Waals surface area contributed by atoms with E-state index in [2.05, 4.69) is 26.6 Å². The fourth-order valence-corrected chi connectivity index (χ4v) is 3.96. The SMILES string of the molecule is C=C/C(=C\N(N)CC(C)(C)O)c1nc(Nc2ccc(S(=O)(=O)NCC)cc2F)ncc1C(F)(F)F. The number of alkyl halides is 3. The lowest BCUT2D eigenvalue weighted by Gasteiger charge is -2.24. The number of hydrazine groups is 1. The van der Waals surface area contributed by atoms with Crippen LogP contribution < -0.4 is 15.9 Å². The van der Waals surface area contributed by atoms with Crippen LogP contribution in [-0.4, -0.2) is 47.2 Å². The number of rotatable bonds is 10. The van der Waals surface area contributed by atoms with Gasteiger partial charge in [0.1, 0.15) is 11.4 Å². The molecule has 0 radical (unpaired) electrons. The highest BCUT2D eigenvalue weighted by Crippen LogP contribution is 2.35. The average Bonchev–Trinajstić information content (AvgIpc) is 2.71. The summed E-state index contributed by atoms with van der Waals surface area (Å²) in [4.78, 5) is 7.15. The summed E-state index contributed by atoms with van der Waals surface area (Å²) in [7, 11) is -3.92. The van der Waals surface area contributed by atoms with Crippen LogP contribution in [0.15, 0.2) is 48.1 Å². The van der Waals surface area contributed by atoms with E-state index < -0.39 is 44.8 Å².